The molecule has 0 aliphatic rings. The molecule has 0 aliphatic heterocycles. The molecule has 2 heterocycles. The van der Waals surface area contributed by atoms with Crippen molar-refractivity contribution in [2.45, 2.75) is 0 Å². The number of nitrogens with zero attached hydrogens (tertiary/aromatic N) is 3. The number of H-pyrrole nitrogens is 1. The van der Waals surface area contributed by atoms with E-state index in [1.54, 1.807) is 7.11 Å². The Bertz CT molecular complexity index is 1160. The summed E-state index contributed by atoms with van der Waals surface area (Å²) in [6.45, 7) is 0.638. The molecule has 0 bridgehead atoms. The van der Waals surface area contributed by atoms with Gasteiger partial charge in [-0.3, -0.25) is 4.79 Å². The van der Waals surface area contributed by atoms with E-state index in [-0.39, 0.29) is 5.91 Å². The van der Waals surface area contributed by atoms with E-state index in [4.69, 9.17) is 4.74 Å². The van der Waals surface area contributed by atoms with Crippen LogP contribution in [0.5, 0.6) is 5.75 Å². The zero-order valence-corrected chi connectivity index (χ0v) is 19.5. The van der Waals surface area contributed by atoms with Crippen LogP contribution in [0.1, 0.15) is 0 Å². The Kier molecular flexibility index (Phi) is 7.77. The molecule has 170 valence electrons. The molecule has 0 atom stereocenters. The number of anilines is 4. The molecule has 4 N–H and O–H groups in total. The van der Waals surface area contributed by atoms with Crippen molar-refractivity contribution >= 4 is 51.7 Å². The number of carbonyl (C=O) groups excluding carboxylic acids is 1. The average Bonchev–Trinajstić information content (AvgIpc) is 3.49. The summed E-state index contributed by atoms with van der Waals surface area (Å²) >= 11 is 2.93. The van der Waals surface area contributed by atoms with Crippen molar-refractivity contribution in [1.82, 2.24) is 20.2 Å². The second-order valence-corrected chi connectivity index (χ2v) is 8.76. The fourth-order valence-corrected chi connectivity index (χ4v) is 4.22. The molecule has 33 heavy (non-hydrogen) atoms. The molecular weight excluding hydrogens is 458 g/mol. The van der Waals surface area contributed by atoms with Crippen LogP contribution in [0.4, 0.5) is 22.7 Å². The smallest absolute Gasteiger partial charge is 0.243 e. The minimum Gasteiger partial charge on any atom is -0.497 e. The van der Waals surface area contributed by atoms with Gasteiger partial charge in [0.2, 0.25) is 17.8 Å². The number of aromatic nitrogens is 4. The maximum atomic E-state index is 12.2. The third-order valence-corrected chi connectivity index (χ3v) is 6.14. The van der Waals surface area contributed by atoms with E-state index in [1.165, 1.54) is 23.1 Å². The first-order chi connectivity index (χ1) is 16.2. The number of carbonyl (C=O) groups is 1. The van der Waals surface area contributed by atoms with Gasteiger partial charge in [-0.1, -0.05) is 18.2 Å². The monoisotopic (exact) mass is 481 g/mol. The zero-order valence-electron chi connectivity index (χ0n) is 17.9. The highest BCUT2D eigenvalue weighted by molar-refractivity contribution is 8.00. The third-order valence-electron chi connectivity index (χ3n) is 4.42. The van der Waals surface area contributed by atoms with Crippen LogP contribution in [0.3, 0.4) is 0 Å². The van der Waals surface area contributed by atoms with E-state index >= 15 is 0 Å². The highest BCUT2D eigenvalue weighted by atomic mass is 32.2. The number of amides is 1. The zero-order chi connectivity index (χ0) is 22.9. The van der Waals surface area contributed by atoms with Gasteiger partial charge in [-0.2, -0.15) is 16.7 Å². The first-order valence-corrected chi connectivity index (χ1v) is 12.2. The summed E-state index contributed by atoms with van der Waals surface area (Å²) in [6, 6.07) is 17.4. The lowest BCUT2D eigenvalue weighted by molar-refractivity contribution is -0.113. The van der Waals surface area contributed by atoms with Gasteiger partial charge in [-0.25, -0.2) is 10.1 Å². The van der Waals surface area contributed by atoms with Crippen molar-refractivity contribution in [3.63, 3.8) is 0 Å². The Morgan fingerprint density at radius 1 is 1.12 bits per heavy atom. The first-order valence-electron chi connectivity index (χ1n) is 10.2. The lowest BCUT2D eigenvalue weighted by Gasteiger charge is -2.03. The number of methoxy groups -OCH3 is 1. The molecule has 0 unspecified atom stereocenters. The summed E-state index contributed by atoms with van der Waals surface area (Å²) in [6.07, 6.45) is 0. The van der Waals surface area contributed by atoms with Gasteiger partial charge in [0.15, 0.2) is 5.13 Å². The largest absolute Gasteiger partial charge is 0.497 e. The van der Waals surface area contributed by atoms with Crippen molar-refractivity contribution < 1.29 is 9.53 Å². The van der Waals surface area contributed by atoms with E-state index in [0.29, 0.717) is 29.3 Å². The summed E-state index contributed by atoms with van der Waals surface area (Å²) in [5.41, 5.74) is 2.72. The van der Waals surface area contributed by atoms with E-state index in [2.05, 4.69) is 36.1 Å². The van der Waals surface area contributed by atoms with Crippen molar-refractivity contribution in [3.8, 4) is 17.0 Å². The van der Waals surface area contributed by atoms with Crippen molar-refractivity contribution in [1.29, 1.82) is 0 Å². The molecule has 0 saturated carbocycles. The van der Waals surface area contributed by atoms with Gasteiger partial charge in [0.25, 0.3) is 0 Å². The van der Waals surface area contributed by atoms with Crippen LogP contribution in [-0.4, -0.2) is 51.2 Å². The number of hydrogen-bond acceptors (Lipinski definition) is 9. The van der Waals surface area contributed by atoms with Crippen LogP contribution in [-0.2, 0) is 4.79 Å². The molecule has 2 aromatic heterocycles. The fourth-order valence-electron chi connectivity index (χ4n) is 2.84. The Morgan fingerprint density at radius 2 is 1.94 bits per heavy atom. The second kappa shape index (κ2) is 11.3. The van der Waals surface area contributed by atoms with E-state index in [1.807, 2.05) is 60.0 Å². The highest BCUT2D eigenvalue weighted by Gasteiger charge is 2.09. The standard InChI is InChI=1S/C22H23N7O2S2/c1-31-17-9-7-15(8-10-17)18-13-33-22(25-18)26-19(30)14-32-12-11-23-20-27-21(29-28-20)24-16-5-3-2-4-6-16/h2-10,13H,11-12,14H2,1H3,(H,25,26,30)(H3,23,24,27,28,29). The quantitative estimate of drug-likeness (QED) is 0.232. The summed E-state index contributed by atoms with van der Waals surface area (Å²) in [5.74, 6) is 2.86. The molecule has 0 spiro atoms. The van der Waals surface area contributed by atoms with Gasteiger partial charge >= 0.3 is 0 Å². The number of rotatable bonds is 11. The Labute approximate surface area is 199 Å². The van der Waals surface area contributed by atoms with Crippen molar-refractivity contribution in [3.05, 3.63) is 60.0 Å². The van der Waals surface area contributed by atoms with Gasteiger partial charge < -0.3 is 20.7 Å². The van der Waals surface area contributed by atoms with Crippen LogP contribution >= 0.6 is 23.1 Å². The Balaban J connectivity index is 1.14. The number of para-hydroxylation sites is 1. The molecule has 9 nitrogen and oxygen atoms in total. The van der Waals surface area contributed by atoms with Gasteiger partial charge in [0.05, 0.1) is 18.6 Å². The molecule has 0 radical (unpaired) electrons. The maximum absolute atomic E-state index is 12.2. The predicted octanol–water partition coefficient (Wildman–Crippen LogP) is 4.46. The average molecular weight is 482 g/mol. The molecule has 2 aromatic carbocycles. The summed E-state index contributed by atoms with van der Waals surface area (Å²) < 4.78 is 5.17. The minimum atomic E-state index is -0.0807. The number of benzene rings is 2. The van der Waals surface area contributed by atoms with Gasteiger partial charge in [0.1, 0.15) is 5.75 Å². The van der Waals surface area contributed by atoms with E-state index < -0.39 is 0 Å². The molecule has 0 aliphatic carbocycles. The molecular formula is C22H23N7O2S2. The molecule has 1 amide bonds. The number of hydrogen-bond donors (Lipinski definition) is 4. The van der Waals surface area contributed by atoms with Gasteiger partial charge in [-0.15, -0.1) is 16.4 Å². The van der Waals surface area contributed by atoms with Crippen LogP contribution in [0, 0.1) is 0 Å². The number of thiazole rings is 1. The minimum absolute atomic E-state index is 0.0807. The number of nitrogens with one attached hydrogen (secondary N) is 4. The summed E-state index contributed by atoms with van der Waals surface area (Å²) in [7, 11) is 1.63. The fraction of sp³-hybridized carbons (Fsp3) is 0.182. The van der Waals surface area contributed by atoms with Crippen LogP contribution in [0.25, 0.3) is 11.3 Å². The number of ether oxygens (including phenoxy) is 1. The van der Waals surface area contributed by atoms with Crippen LogP contribution < -0.4 is 20.7 Å². The molecule has 4 aromatic rings. The Morgan fingerprint density at radius 3 is 2.73 bits per heavy atom. The SMILES string of the molecule is COc1ccc(-c2csc(NC(=O)CSCCNc3n[nH]c(Nc4ccccc4)n3)n2)cc1. The second-order valence-electron chi connectivity index (χ2n) is 6.79. The van der Waals surface area contributed by atoms with Crippen molar-refractivity contribution in [2.24, 2.45) is 0 Å². The predicted molar refractivity (Wildman–Crippen MR) is 135 cm³/mol. The van der Waals surface area contributed by atoms with Gasteiger partial charge in [-0.05, 0) is 36.4 Å². The summed E-state index contributed by atoms with van der Waals surface area (Å²) in [4.78, 5) is 21.0. The van der Waals surface area contributed by atoms with E-state index in [0.717, 1.165) is 28.4 Å². The summed E-state index contributed by atoms with van der Waals surface area (Å²) in [5, 5.41) is 18.6. The molecule has 0 fully saturated rings. The third kappa shape index (κ3) is 6.70. The van der Waals surface area contributed by atoms with Crippen molar-refractivity contribution in [2.75, 3.05) is 41.1 Å². The van der Waals surface area contributed by atoms with Crippen LogP contribution in [0.2, 0.25) is 0 Å². The van der Waals surface area contributed by atoms with Crippen LogP contribution in [0.15, 0.2) is 60.0 Å². The van der Waals surface area contributed by atoms with E-state index in [9.17, 15) is 4.79 Å². The topological polar surface area (TPSA) is 117 Å². The lowest BCUT2D eigenvalue weighted by atomic mass is 10.2. The maximum Gasteiger partial charge on any atom is 0.243 e. The molecule has 4 rings (SSSR count). The highest BCUT2D eigenvalue weighted by Crippen LogP contribution is 2.26. The normalized spacial score (nSPS) is 10.6. The lowest BCUT2D eigenvalue weighted by Crippen LogP contribution is -2.15. The first kappa shape index (κ1) is 22.6. The van der Waals surface area contributed by atoms with Gasteiger partial charge in [0, 0.05) is 28.9 Å². The Hall–Kier alpha value is -3.57. The number of aromatic amines is 1. The number of thioether (sulfide) groups is 1. The molecule has 11 heteroatoms. The molecule has 0 saturated heterocycles.